The van der Waals surface area contributed by atoms with E-state index in [9.17, 15) is 4.57 Å². The normalized spacial score (nSPS) is 27.1. The molecule has 2 aromatic carbocycles. The van der Waals surface area contributed by atoms with Crippen LogP contribution in [0.25, 0.3) is 0 Å². The first-order valence-electron chi connectivity index (χ1n) is 6.30. The van der Waals surface area contributed by atoms with E-state index < -0.39 is 7.23 Å². The van der Waals surface area contributed by atoms with Gasteiger partial charge in [-0.05, 0) is 17.5 Å². The Hall–Kier alpha value is -1.02. The van der Waals surface area contributed by atoms with E-state index in [1.54, 1.807) is 0 Å². The van der Waals surface area contributed by atoms with Crippen molar-refractivity contribution in [2.45, 2.75) is 17.8 Å². The summed E-state index contributed by atoms with van der Waals surface area (Å²) in [7, 11) is -2.02. The van der Waals surface area contributed by atoms with Crippen LogP contribution in [0.1, 0.15) is 28.9 Å². The Morgan fingerprint density at radius 3 is 2.16 bits per heavy atom. The van der Waals surface area contributed by atoms with Crippen LogP contribution in [-0.4, -0.2) is 0 Å². The fourth-order valence-corrected chi connectivity index (χ4v) is 5.52. The van der Waals surface area contributed by atoms with Crippen LogP contribution in [0.5, 0.6) is 0 Å². The third-order valence-electron chi connectivity index (χ3n) is 3.25. The first kappa shape index (κ1) is 13.0. The minimum Gasteiger partial charge on any atom is -0.315 e. The molecule has 0 N–H and O–H groups in total. The number of hydrogen-bond acceptors (Lipinski definition) is 3. The lowest BCUT2D eigenvalue weighted by molar-refractivity contribution is 0.208. The molecule has 1 fully saturated rings. The van der Waals surface area contributed by atoms with E-state index >= 15 is 0 Å². The molecule has 19 heavy (non-hydrogen) atoms. The summed E-state index contributed by atoms with van der Waals surface area (Å²) in [4.78, 5) is 0. The zero-order chi connectivity index (χ0) is 13.1. The third-order valence-corrected chi connectivity index (χ3v) is 6.39. The molecule has 0 saturated carbocycles. The van der Waals surface area contributed by atoms with E-state index in [0.29, 0.717) is 0 Å². The molecule has 1 aliphatic rings. The Kier molecular flexibility index (Phi) is 4.07. The van der Waals surface area contributed by atoms with E-state index in [0.717, 1.165) is 12.0 Å². The predicted molar refractivity (Wildman–Crippen MR) is 80.7 cm³/mol. The summed E-state index contributed by atoms with van der Waals surface area (Å²) in [6.07, 6.45) is 0.814. The van der Waals surface area contributed by atoms with Gasteiger partial charge < -0.3 is 4.52 Å². The summed E-state index contributed by atoms with van der Waals surface area (Å²) in [5, 5.41) is 0.256. The van der Waals surface area contributed by atoms with Gasteiger partial charge in [0.2, 0.25) is 7.23 Å². The topological polar surface area (TPSA) is 26.3 Å². The van der Waals surface area contributed by atoms with Gasteiger partial charge in [0.25, 0.3) is 0 Å². The minimum atomic E-state index is -2.02. The lowest BCUT2D eigenvalue weighted by Gasteiger charge is -2.29. The molecule has 4 heteroatoms. The fourth-order valence-electron chi connectivity index (χ4n) is 2.29. The van der Waals surface area contributed by atoms with Gasteiger partial charge in [-0.15, -0.1) is 0 Å². The monoisotopic (exact) mass is 290 g/mol. The van der Waals surface area contributed by atoms with Crippen LogP contribution in [0.3, 0.4) is 0 Å². The van der Waals surface area contributed by atoms with Crippen molar-refractivity contribution in [3.63, 3.8) is 0 Å². The van der Waals surface area contributed by atoms with Gasteiger partial charge in [0.05, 0.1) is 6.10 Å². The summed E-state index contributed by atoms with van der Waals surface area (Å²) >= 11 is 1.46. The third kappa shape index (κ3) is 3.11. The van der Waals surface area contributed by atoms with Crippen molar-refractivity contribution in [1.82, 2.24) is 0 Å². The summed E-state index contributed by atoms with van der Waals surface area (Å²) in [6, 6.07) is 20.3. The largest absolute Gasteiger partial charge is 0.315 e. The van der Waals surface area contributed by atoms with Crippen LogP contribution in [0.4, 0.5) is 0 Å². The van der Waals surface area contributed by atoms with Crippen molar-refractivity contribution < 1.29 is 9.09 Å². The van der Waals surface area contributed by atoms with Gasteiger partial charge in [-0.2, -0.15) is 0 Å². The van der Waals surface area contributed by atoms with E-state index in [-0.39, 0.29) is 11.4 Å². The lowest BCUT2D eigenvalue weighted by Crippen LogP contribution is -2.08. The van der Waals surface area contributed by atoms with Crippen LogP contribution >= 0.6 is 18.6 Å². The van der Waals surface area contributed by atoms with Gasteiger partial charge in [-0.25, -0.2) is 0 Å². The average molecular weight is 290 g/mol. The molecule has 1 aliphatic heterocycles. The molecule has 2 nitrogen and oxygen atoms in total. The van der Waals surface area contributed by atoms with Gasteiger partial charge in [0.1, 0.15) is 0 Å². The van der Waals surface area contributed by atoms with E-state index in [4.69, 9.17) is 4.52 Å². The van der Waals surface area contributed by atoms with E-state index in [1.165, 1.54) is 16.9 Å². The fraction of sp³-hybridized carbons (Fsp3) is 0.200. The molecule has 0 spiro atoms. The molecular formula is C15H15O2PS. The predicted octanol–water partition coefficient (Wildman–Crippen LogP) is 5.01. The average Bonchev–Trinajstić information content (AvgIpc) is 2.48. The quantitative estimate of drug-likeness (QED) is 0.727. The van der Waals surface area contributed by atoms with Gasteiger partial charge in [0, 0.05) is 5.25 Å². The van der Waals surface area contributed by atoms with Crippen molar-refractivity contribution >= 4 is 18.6 Å². The smallest absolute Gasteiger partial charge is 0.247 e. The van der Waals surface area contributed by atoms with Gasteiger partial charge in [-0.3, -0.25) is 4.57 Å². The first-order valence-corrected chi connectivity index (χ1v) is 9.22. The second-order valence-corrected chi connectivity index (χ2v) is 7.77. The summed E-state index contributed by atoms with van der Waals surface area (Å²) < 4.78 is 17.6. The van der Waals surface area contributed by atoms with Crippen LogP contribution < -0.4 is 0 Å². The Labute approximate surface area is 117 Å². The van der Waals surface area contributed by atoms with Gasteiger partial charge in [0.15, 0.2) is 0 Å². The van der Waals surface area contributed by atoms with Crippen LogP contribution in [0.2, 0.25) is 0 Å². The molecule has 1 unspecified atom stereocenters. The summed E-state index contributed by atoms with van der Waals surface area (Å²) in [5.74, 6) is 0. The molecule has 0 radical (unpaired) electrons. The van der Waals surface area contributed by atoms with Crippen molar-refractivity contribution in [3.05, 3.63) is 71.8 Å². The zero-order valence-electron chi connectivity index (χ0n) is 10.4. The minimum absolute atomic E-state index is 0.0564. The highest BCUT2D eigenvalue weighted by Gasteiger charge is 2.29. The standard InChI is InChI=1S/C15H15O2PS/c16-18-17-14(12-7-3-1-4-8-12)11-15(19-18)13-9-5-2-6-10-13/h1-10,14-15,18H,11H2/t14-,15-/m1/s1. The zero-order valence-corrected chi connectivity index (χ0v) is 12.2. The number of hydrogen-bond donors (Lipinski definition) is 0. The molecule has 0 bridgehead atoms. The summed E-state index contributed by atoms with van der Waals surface area (Å²) in [6.45, 7) is 0. The SMILES string of the molecule is O=[PH]1O[C@@H](c2ccccc2)C[C@H](c2ccccc2)S1. The Morgan fingerprint density at radius 2 is 1.53 bits per heavy atom. The molecule has 1 saturated heterocycles. The second-order valence-electron chi connectivity index (χ2n) is 4.52. The maximum absolute atomic E-state index is 12.0. The molecule has 0 amide bonds. The molecule has 0 aromatic heterocycles. The van der Waals surface area contributed by atoms with Crippen LogP contribution in [0.15, 0.2) is 60.7 Å². The number of rotatable bonds is 2. The highest BCUT2D eigenvalue weighted by molar-refractivity contribution is 8.50. The van der Waals surface area contributed by atoms with Crippen molar-refractivity contribution in [3.8, 4) is 0 Å². The molecule has 2 aromatic rings. The Morgan fingerprint density at radius 1 is 0.947 bits per heavy atom. The first-order chi connectivity index (χ1) is 9.33. The van der Waals surface area contributed by atoms with E-state index in [2.05, 4.69) is 12.1 Å². The van der Waals surface area contributed by atoms with Crippen molar-refractivity contribution in [1.29, 1.82) is 0 Å². The highest BCUT2D eigenvalue weighted by atomic mass is 32.7. The molecule has 3 rings (SSSR count). The van der Waals surface area contributed by atoms with Crippen molar-refractivity contribution in [2.75, 3.05) is 0 Å². The second kappa shape index (κ2) is 5.96. The Bertz CT molecular complexity index is 509. The van der Waals surface area contributed by atoms with Crippen LogP contribution in [0, 0.1) is 0 Å². The lowest BCUT2D eigenvalue weighted by atomic mass is 10.0. The summed E-state index contributed by atoms with van der Waals surface area (Å²) in [5.41, 5.74) is 2.34. The highest BCUT2D eigenvalue weighted by Crippen LogP contribution is 2.59. The molecule has 3 atom stereocenters. The van der Waals surface area contributed by atoms with Gasteiger partial charge >= 0.3 is 0 Å². The molecule has 1 heterocycles. The molecular weight excluding hydrogens is 275 g/mol. The number of benzene rings is 2. The van der Waals surface area contributed by atoms with Crippen molar-refractivity contribution in [2.24, 2.45) is 0 Å². The molecule has 98 valence electrons. The van der Waals surface area contributed by atoms with Gasteiger partial charge in [-0.1, -0.05) is 72.0 Å². The van der Waals surface area contributed by atoms with E-state index in [1.807, 2.05) is 48.5 Å². The van der Waals surface area contributed by atoms with Crippen LogP contribution in [-0.2, 0) is 9.09 Å². The molecule has 0 aliphatic carbocycles. The maximum Gasteiger partial charge on any atom is 0.247 e. The maximum atomic E-state index is 12.0. The Balaban J connectivity index is 1.84.